The summed E-state index contributed by atoms with van der Waals surface area (Å²) in [6, 6.07) is 0. The third kappa shape index (κ3) is 3.23. The fourth-order valence-corrected chi connectivity index (χ4v) is 2.88. The van der Waals surface area contributed by atoms with Crippen LogP contribution in [0, 0.1) is 0 Å². The highest BCUT2D eigenvalue weighted by molar-refractivity contribution is 9.10. The molecule has 0 fully saturated rings. The molecule has 0 aliphatic carbocycles. The number of carbonyl (C=O) groups excluding carboxylic acids is 1. The summed E-state index contributed by atoms with van der Waals surface area (Å²) in [4.78, 5) is 12.3. The van der Waals surface area contributed by atoms with E-state index in [-0.39, 0.29) is 9.69 Å². The topological polar surface area (TPSA) is 70.7 Å². The molecular weight excluding hydrogens is 433 g/mol. The lowest BCUT2D eigenvalue weighted by Gasteiger charge is -2.29. The number of hydrogen-bond donors (Lipinski definition) is 1. The highest BCUT2D eigenvalue weighted by atomic mass is 79.9. The van der Waals surface area contributed by atoms with Crippen LogP contribution in [0.25, 0.3) is 0 Å². The van der Waals surface area contributed by atoms with Gasteiger partial charge >= 0.3 is 6.18 Å². The molecule has 2 rings (SSSR count). The molecular formula is C11H8BrF7N4O2. The summed E-state index contributed by atoms with van der Waals surface area (Å²) in [5.74, 6) is -1.70. The van der Waals surface area contributed by atoms with Crippen molar-refractivity contribution in [1.29, 1.82) is 0 Å². The number of nitrogens with zero attached hydrogens (tertiary/aromatic N) is 4. The quantitative estimate of drug-likeness (QED) is 0.734. The van der Waals surface area contributed by atoms with Gasteiger partial charge in [-0.25, -0.2) is 17.6 Å². The first-order valence-corrected chi connectivity index (χ1v) is 7.10. The number of aryl methyl sites for hydroxylation is 1. The molecule has 2 heterocycles. The Morgan fingerprint density at radius 2 is 1.88 bits per heavy atom. The van der Waals surface area contributed by atoms with Crippen LogP contribution >= 0.6 is 15.9 Å². The van der Waals surface area contributed by atoms with E-state index >= 15 is 0 Å². The average molecular weight is 441 g/mol. The Hall–Kier alpha value is -1.70. The van der Waals surface area contributed by atoms with E-state index in [0.29, 0.717) is 0 Å². The van der Waals surface area contributed by atoms with E-state index in [2.05, 4.69) is 26.1 Å². The van der Waals surface area contributed by atoms with Crippen LogP contribution in [0.2, 0.25) is 0 Å². The highest BCUT2D eigenvalue weighted by Gasteiger charge is 2.54. The number of halogens is 8. The van der Waals surface area contributed by atoms with Crippen LogP contribution in [-0.4, -0.2) is 50.1 Å². The standard InChI is InChI=1S/C11H8BrF7N4O2/c1-22-6(11(17,18)19)4(12)5(21-22)8(24)23-10(25,9(15)16)2-3(20-23)7(13)14/h7,9,25H,2H2,1H3/t10-/m0/s1. The summed E-state index contributed by atoms with van der Waals surface area (Å²) >= 11 is 2.49. The predicted octanol–water partition coefficient (Wildman–Crippen LogP) is 2.62. The molecule has 1 aliphatic rings. The molecule has 1 amide bonds. The van der Waals surface area contributed by atoms with Gasteiger partial charge in [-0.1, -0.05) is 0 Å². The van der Waals surface area contributed by atoms with Crippen LogP contribution in [0.3, 0.4) is 0 Å². The molecule has 1 aromatic heterocycles. The number of hydrazone groups is 1. The largest absolute Gasteiger partial charge is 0.434 e. The van der Waals surface area contributed by atoms with E-state index < -0.39 is 58.7 Å². The number of rotatable bonds is 3. The van der Waals surface area contributed by atoms with E-state index in [1.54, 1.807) is 0 Å². The highest BCUT2D eigenvalue weighted by Crippen LogP contribution is 2.39. The maximum atomic E-state index is 13.1. The molecule has 6 nitrogen and oxygen atoms in total. The normalized spacial score (nSPS) is 21.4. The van der Waals surface area contributed by atoms with Crippen molar-refractivity contribution in [3.8, 4) is 0 Å². The third-order valence-corrected chi connectivity index (χ3v) is 4.04. The summed E-state index contributed by atoms with van der Waals surface area (Å²) in [6.07, 6.45) is -13.4. The Labute approximate surface area is 143 Å². The Kier molecular flexibility index (Phi) is 4.89. The number of hydrogen-bond acceptors (Lipinski definition) is 4. The van der Waals surface area contributed by atoms with Gasteiger partial charge in [0.15, 0.2) is 11.4 Å². The summed E-state index contributed by atoms with van der Waals surface area (Å²) in [5, 5.41) is 15.7. The summed E-state index contributed by atoms with van der Waals surface area (Å²) in [7, 11) is 0.835. The number of carbonyl (C=O) groups is 1. The Morgan fingerprint density at radius 1 is 1.32 bits per heavy atom. The molecule has 0 aromatic carbocycles. The maximum Gasteiger partial charge on any atom is 0.434 e. The number of aromatic nitrogens is 2. The molecule has 140 valence electrons. The summed E-state index contributed by atoms with van der Waals surface area (Å²) in [6.45, 7) is 0. The first-order valence-electron chi connectivity index (χ1n) is 6.31. The van der Waals surface area contributed by atoms with Crippen molar-refractivity contribution in [3.63, 3.8) is 0 Å². The molecule has 0 saturated heterocycles. The van der Waals surface area contributed by atoms with Gasteiger partial charge < -0.3 is 5.11 Å². The van der Waals surface area contributed by atoms with Gasteiger partial charge in [-0.15, -0.1) is 0 Å². The number of amides is 1. The molecule has 0 saturated carbocycles. The van der Waals surface area contributed by atoms with Crippen molar-refractivity contribution in [2.45, 2.75) is 31.2 Å². The number of aliphatic hydroxyl groups is 1. The van der Waals surface area contributed by atoms with Gasteiger partial charge in [-0.05, 0) is 15.9 Å². The lowest BCUT2D eigenvalue weighted by atomic mass is 10.1. The fraction of sp³-hybridized carbons (Fsp3) is 0.545. The molecule has 1 aliphatic heterocycles. The van der Waals surface area contributed by atoms with Gasteiger partial charge in [0.05, 0.1) is 4.47 Å². The zero-order valence-electron chi connectivity index (χ0n) is 12.0. The van der Waals surface area contributed by atoms with Crippen molar-refractivity contribution in [2.75, 3.05) is 0 Å². The molecule has 0 spiro atoms. The Balaban J connectivity index is 2.52. The molecule has 0 bridgehead atoms. The second-order valence-corrected chi connectivity index (χ2v) is 5.79. The zero-order chi connectivity index (χ0) is 19.3. The van der Waals surface area contributed by atoms with E-state index in [0.717, 1.165) is 7.05 Å². The van der Waals surface area contributed by atoms with Crippen LogP contribution in [-0.2, 0) is 13.2 Å². The van der Waals surface area contributed by atoms with Crippen molar-refractivity contribution >= 4 is 27.5 Å². The fourth-order valence-electron chi connectivity index (χ4n) is 2.15. The third-order valence-electron chi connectivity index (χ3n) is 3.29. The van der Waals surface area contributed by atoms with E-state index in [1.165, 1.54) is 0 Å². The average Bonchev–Trinajstić information content (AvgIpc) is 2.96. The Morgan fingerprint density at radius 3 is 2.28 bits per heavy atom. The van der Waals surface area contributed by atoms with Crippen LogP contribution in [0.15, 0.2) is 9.57 Å². The lowest BCUT2D eigenvalue weighted by molar-refractivity contribution is -0.164. The van der Waals surface area contributed by atoms with Gasteiger partial charge in [0, 0.05) is 13.5 Å². The van der Waals surface area contributed by atoms with Gasteiger partial charge in [-0.2, -0.15) is 28.4 Å². The van der Waals surface area contributed by atoms with Gasteiger partial charge in [0.2, 0.25) is 5.72 Å². The first-order chi connectivity index (χ1) is 11.3. The number of alkyl halides is 7. The molecule has 1 aromatic rings. The van der Waals surface area contributed by atoms with Crippen molar-refractivity contribution in [3.05, 3.63) is 15.9 Å². The van der Waals surface area contributed by atoms with Crippen molar-refractivity contribution < 1.29 is 40.6 Å². The molecule has 14 heteroatoms. The SMILES string of the molecule is Cn1nc(C(=O)N2N=C(C(F)F)C[C@]2(O)C(F)F)c(Br)c1C(F)(F)F. The van der Waals surface area contributed by atoms with Crippen LogP contribution in [0.1, 0.15) is 22.6 Å². The van der Waals surface area contributed by atoms with E-state index in [1.807, 2.05) is 0 Å². The second-order valence-electron chi connectivity index (χ2n) is 5.00. The smallest absolute Gasteiger partial charge is 0.364 e. The van der Waals surface area contributed by atoms with E-state index in [9.17, 15) is 40.6 Å². The van der Waals surface area contributed by atoms with Gasteiger partial charge in [-0.3, -0.25) is 9.48 Å². The van der Waals surface area contributed by atoms with Gasteiger partial charge in [0.1, 0.15) is 5.71 Å². The molecule has 25 heavy (non-hydrogen) atoms. The maximum absolute atomic E-state index is 13.1. The first kappa shape index (κ1) is 19.6. The zero-order valence-corrected chi connectivity index (χ0v) is 13.6. The second kappa shape index (κ2) is 6.23. The summed E-state index contributed by atoms with van der Waals surface area (Å²) < 4.78 is 89.6. The molecule has 0 radical (unpaired) electrons. The van der Waals surface area contributed by atoms with E-state index in [4.69, 9.17) is 0 Å². The van der Waals surface area contributed by atoms with Crippen LogP contribution < -0.4 is 0 Å². The molecule has 1 N–H and O–H groups in total. The molecule has 1 atom stereocenters. The Bertz CT molecular complexity index is 733. The van der Waals surface area contributed by atoms with Crippen molar-refractivity contribution in [1.82, 2.24) is 14.8 Å². The van der Waals surface area contributed by atoms with Crippen molar-refractivity contribution in [2.24, 2.45) is 12.1 Å². The molecule has 0 unspecified atom stereocenters. The minimum Gasteiger partial charge on any atom is -0.364 e. The monoisotopic (exact) mass is 440 g/mol. The summed E-state index contributed by atoms with van der Waals surface area (Å²) in [5.41, 5.74) is -7.06. The van der Waals surface area contributed by atoms with Crippen LogP contribution in [0.4, 0.5) is 30.7 Å². The minimum absolute atomic E-state index is 0.257. The predicted molar refractivity (Wildman–Crippen MR) is 71.1 cm³/mol. The lowest BCUT2D eigenvalue weighted by Crippen LogP contribution is -2.51. The minimum atomic E-state index is -4.94. The van der Waals surface area contributed by atoms with Gasteiger partial charge in [0.25, 0.3) is 18.8 Å². The van der Waals surface area contributed by atoms with Crippen LogP contribution in [0.5, 0.6) is 0 Å².